The third-order valence-corrected chi connectivity index (χ3v) is 3.89. The number of aryl methyl sites for hydroxylation is 2. The number of hydrogen-bond donors (Lipinski definition) is 1. The van der Waals surface area contributed by atoms with Crippen LogP contribution in [0, 0.1) is 19.7 Å². The van der Waals surface area contributed by atoms with Gasteiger partial charge in [-0.1, -0.05) is 29.8 Å². The molecule has 2 nitrogen and oxygen atoms in total. The van der Waals surface area contributed by atoms with Crippen LogP contribution in [0.4, 0.5) is 4.39 Å². The summed E-state index contributed by atoms with van der Waals surface area (Å²) in [4.78, 5) is 0. The highest BCUT2D eigenvalue weighted by molar-refractivity contribution is 5.41. The maximum atomic E-state index is 13.4. The van der Waals surface area contributed by atoms with Crippen LogP contribution in [0.5, 0.6) is 5.75 Å². The highest BCUT2D eigenvalue weighted by atomic mass is 19.1. The van der Waals surface area contributed by atoms with Crippen LogP contribution < -0.4 is 10.5 Å². The maximum absolute atomic E-state index is 13.4. The predicted octanol–water partition coefficient (Wildman–Crippen LogP) is 3.97. The first-order valence-electron chi connectivity index (χ1n) is 6.83. The van der Waals surface area contributed by atoms with Crippen molar-refractivity contribution < 1.29 is 9.13 Å². The minimum atomic E-state index is -0.294. The molecular formula is C17H18FNO. The van der Waals surface area contributed by atoms with Gasteiger partial charge in [0.05, 0.1) is 0 Å². The molecule has 0 spiro atoms. The van der Waals surface area contributed by atoms with Crippen molar-refractivity contribution in [1.82, 2.24) is 0 Å². The number of hydrogen-bond acceptors (Lipinski definition) is 2. The standard InChI is InChI=1S/C17H18FNO/c1-10-3-4-11(2)14(7-10)17-9-15(19)13-6-5-12(18)8-16(13)20-17/h3-8,15,17H,9,19H2,1-2H3/t15-,17?/m0/s1. The van der Waals surface area contributed by atoms with Crippen LogP contribution >= 0.6 is 0 Å². The molecule has 0 bridgehead atoms. The molecule has 2 aromatic rings. The van der Waals surface area contributed by atoms with E-state index in [-0.39, 0.29) is 18.0 Å². The molecule has 1 aliphatic rings. The number of ether oxygens (including phenoxy) is 1. The quantitative estimate of drug-likeness (QED) is 0.852. The van der Waals surface area contributed by atoms with Gasteiger partial charge in [0.25, 0.3) is 0 Å². The van der Waals surface area contributed by atoms with E-state index < -0.39 is 0 Å². The van der Waals surface area contributed by atoms with Crippen LogP contribution in [0.15, 0.2) is 36.4 Å². The molecule has 20 heavy (non-hydrogen) atoms. The van der Waals surface area contributed by atoms with Gasteiger partial charge < -0.3 is 10.5 Å². The van der Waals surface area contributed by atoms with E-state index in [4.69, 9.17) is 10.5 Å². The predicted molar refractivity (Wildman–Crippen MR) is 77.2 cm³/mol. The Balaban J connectivity index is 2.00. The van der Waals surface area contributed by atoms with Crippen molar-refractivity contribution in [3.8, 4) is 5.75 Å². The first-order valence-corrected chi connectivity index (χ1v) is 6.83. The van der Waals surface area contributed by atoms with Gasteiger partial charge in [0, 0.05) is 24.1 Å². The molecule has 0 saturated carbocycles. The lowest BCUT2D eigenvalue weighted by atomic mass is 9.91. The van der Waals surface area contributed by atoms with Gasteiger partial charge in [-0.3, -0.25) is 0 Å². The molecule has 3 rings (SSSR count). The van der Waals surface area contributed by atoms with Crippen molar-refractivity contribution in [2.45, 2.75) is 32.4 Å². The van der Waals surface area contributed by atoms with Crippen molar-refractivity contribution in [1.29, 1.82) is 0 Å². The van der Waals surface area contributed by atoms with Crippen molar-refractivity contribution in [2.24, 2.45) is 5.73 Å². The highest BCUT2D eigenvalue weighted by Crippen LogP contribution is 2.40. The van der Waals surface area contributed by atoms with Crippen LogP contribution in [0.25, 0.3) is 0 Å². The summed E-state index contributed by atoms with van der Waals surface area (Å²) in [7, 11) is 0. The van der Waals surface area contributed by atoms with Crippen LogP contribution in [-0.4, -0.2) is 0 Å². The molecular weight excluding hydrogens is 253 g/mol. The summed E-state index contributed by atoms with van der Waals surface area (Å²) >= 11 is 0. The average Bonchev–Trinajstić information content (AvgIpc) is 2.41. The Bertz CT molecular complexity index is 653. The molecule has 0 radical (unpaired) electrons. The summed E-state index contributed by atoms with van der Waals surface area (Å²) in [5.41, 5.74) is 10.6. The molecule has 0 amide bonds. The van der Waals surface area contributed by atoms with E-state index in [1.54, 1.807) is 6.07 Å². The minimum absolute atomic E-state index is 0.112. The monoisotopic (exact) mass is 271 g/mol. The molecule has 2 N–H and O–H groups in total. The number of nitrogens with two attached hydrogens (primary N) is 1. The second kappa shape index (κ2) is 4.91. The Kier molecular flexibility index (Phi) is 3.22. The van der Waals surface area contributed by atoms with Gasteiger partial charge in [0.15, 0.2) is 0 Å². The third-order valence-electron chi connectivity index (χ3n) is 3.89. The van der Waals surface area contributed by atoms with E-state index in [0.717, 1.165) is 11.1 Å². The van der Waals surface area contributed by atoms with Gasteiger partial charge in [0.1, 0.15) is 17.7 Å². The largest absolute Gasteiger partial charge is 0.485 e. The highest BCUT2D eigenvalue weighted by Gasteiger charge is 2.28. The zero-order valence-corrected chi connectivity index (χ0v) is 11.7. The van der Waals surface area contributed by atoms with E-state index in [1.165, 1.54) is 23.3 Å². The molecule has 104 valence electrons. The molecule has 0 saturated heterocycles. The van der Waals surface area contributed by atoms with Gasteiger partial charge in [-0.25, -0.2) is 4.39 Å². The van der Waals surface area contributed by atoms with Gasteiger partial charge in [-0.2, -0.15) is 0 Å². The molecule has 0 aliphatic carbocycles. The topological polar surface area (TPSA) is 35.2 Å². The molecule has 1 unspecified atom stereocenters. The second-order valence-electron chi connectivity index (χ2n) is 5.49. The fraction of sp³-hybridized carbons (Fsp3) is 0.294. The fourth-order valence-electron chi connectivity index (χ4n) is 2.77. The van der Waals surface area contributed by atoms with Crippen molar-refractivity contribution in [3.05, 3.63) is 64.5 Å². The Morgan fingerprint density at radius 2 is 1.90 bits per heavy atom. The summed E-state index contributed by atoms with van der Waals surface area (Å²) in [5, 5.41) is 0. The molecule has 0 fully saturated rings. The average molecular weight is 271 g/mol. The first kappa shape index (κ1) is 13.1. The van der Waals surface area contributed by atoms with E-state index in [9.17, 15) is 4.39 Å². The summed E-state index contributed by atoms with van der Waals surface area (Å²) in [5.74, 6) is 0.271. The van der Waals surface area contributed by atoms with Crippen molar-refractivity contribution in [2.75, 3.05) is 0 Å². The number of rotatable bonds is 1. The van der Waals surface area contributed by atoms with Crippen LogP contribution in [0.1, 0.15) is 40.8 Å². The van der Waals surface area contributed by atoms with E-state index in [0.29, 0.717) is 12.2 Å². The third kappa shape index (κ3) is 2.29. The van der Waals surface area contributed by atoms with Crippen LogP contribution in [-0.2, 0) is 0 Å². The van der Waals surface area contributed by atoms with E-state index >= 15 is 0 Å². The lowest BCUT2D eigenvalue weighted by Crippen LogP contribution is -2.24. The van der Waals surface area contributed by atoms with Crippen molar-refractivity contribution >= 4 is 0 Å². The molecule has 2 atom stereocenters. The van der Waals surface area contributed by atoms with Crippen LogP contribution in [0.2, 0.25) is 0 Å². The number of fused-ring (bicyclic) bond motifs is 1. The normalized spacial score (nSPS) is 21.2. The Morgan fingerprint density at radius 1 is 1.10 bits per heavy atom. The number of halogens is 1. The smallest absolute Gasteiger partial charge is 0.127 e. The lowest BCUT2D eigenvalue weighted by Gasteiger charge is -2.31. The fourth-order valence-corrected chi connectivity index (χ4v) is 2.77. The second-order valence-corrected chi connectivity index (χ2v) is 5.49. The van der Waals surface area contributed by atoms with Gasteiger partial charge in [-0.05, 0) is 31.0 Å². The summed E-state index contributed by atoms with van der Waals surface area (Å²) in [6.45, 7) is 4.12. The molecule has 1 aliphatic heterocycles. The summed E-state index contributed by atoms with van der Waals surface area (Å²) in [6.07, 6.45) is 0.599. The van der Waals surface area contributed by atoms with Crippen molar-refractivity contribution in [3.63, 3.8) is 0 Å². The number of benzene rings is 2. The summed E-state index contributed by atoms with van der Waals surface area (Å²) in [6, 6.07) is 10.7. The Morgan fingerprint density at radius 3 is 2.70 bits per heavy atom. The van der Waals surface area contributed by atoms with Gasteiger partial charge in [-0.15, -0.1) is 0 Å². The van der Waals surface area contributed by atoms with Crippen LogP contribution in [0.3, 0.4) is 0 Å². The van der Waals surface area contributed by atoms with Gasteiger partial charge in [0.2, 0.25) is 0 Å². The van der Waals surface area contributed by atoms with E-state index in [2.05, 4.69) is 32.0 Å². The molecule has 0 aromatic heterocycles. The zero-order valence-electron chi connectivity index (χ0n) is 11.7. The zero-order chi connectivity index (χ0) is 14.3. The SMILES string of the molecule is Cc1ccc(C)c(C2C[C@H](N)c3ccc(F)cc3O2)c1. The molecule has 1 heterocycles. The Hall–Kier alpha value is -1.87. The molecule has 2 aromatic carbocycles. The Labute approximate surface area is 118 Å². The first-order chi connectivity index (χ1) is 9.54. The summed E-state index contributed by atoms with van der Waals surface area (Å²) < 4.78 is 19.4. The van der Waals surface area contributed by atoms with E-state index in [1.807, 2.05) is 0 Å². The maximum Gasteiger partial charge on any atom is 0.127 e. The van der Waals surface area contributed by atoms with Gasteiger partial charge >= 0.3 is 0 Å². The molecule has 3 heteroatoms. The lowest BCUT2D eigenvalue weighted by molar-refractivity contribution is 0.160. The minimum Gasteiger partial charge on any atom is -0.485 e.